The Hall–Kier alpha value is -3.39. The molecule has 2 heterocycles. The third-order valence-electron chi connectivity index (χ3n) is 4.71. The average molecular weight is 335 g/mol. The van der Waals surface area contributed by atoms with E-state index in [-0.39, 0.29) is 0 Å². The van der Waals surface area contributed by atoms with Crippen molar-refractivity contribution >= 4 is 21.9 Å². The van der Waals surface area contributed by atoms with E-state index in [4.69, 9.17) is 9.40 Å². The van der Waals surface area contributed by atoms with Crippen molar-refractivity contribution < 1.29 is 4.42 Å². The number of fused-ring (bicyclic) bond motifs is 3. The highest BCUT2D eigenvalue weighted by Crippen LogP contribution is 2.32. The zero-order valence-corrected chi connectivity index (χ0v) is 14.4. The van der Waals surface area contributed by atoms with Gasteiger partial charge in [0.1, 0.15) is 11.2 Å². The molecule has 5 rings (SSSR count). The Morgan fingerprint density at radius 1 is 0.615 bits per heavy atom. The molecule has 0 fully saturated rings. The topological polar surface area (TPSA) is 26.0 Å². The summed E-state index contributed by atoms with van der Waals surface area (Å²) in [5, 5.41) is 2.27. The molecule has 2 nitrogen and oxygen atoms in total. The van der Waals surface area contributed by atoms with Gasteiger partial charge in [0.25, 0.3) is 0 Å². The highest BCUT2D eigenvalue weighted by atomic mass is 16.3. The first kappa shape index (κ1) is 14.9. The zero-order chi connectivity index (χ0) is 17.5. The summed E-state index contributed by atoms with van der Waals surface area (Å²) in [6, 6.07) is 29.0. The number of hydrogen-bond acceptors (Lipinski definition) is 2. The third kappa shape index (κ3) is 2.47. The van der Waals surface area contributed by atoms with E-state index in [1.54, 1.807) is 0 Å². The Labute approximate surface area is 151 Å². The number of pyridine rings is 1. The first-order chi connectivity index (χ1) is 12.8. The lowest BCUT2D eigenvalue weighted by molar-refractivity contribution is 0.669. The lowest BCUT2D eigenvalue weighted by Crippen LogP contribution is -1.90. The third-order valence-corrected chi connectivity index (χ3v) is 4.71. The maximum absolute atomic E-state index is 5.94. The number of nitrogens with zero attached hydrogens (tertiary/aromatic N) is 1. The molecule has 0 N–H and O–H groups in total. The summed E-state index contributed by atoms with van der Waals surface area (Å²) in [7, 11) is 0. The van der Waals surface area contributed by atoms with Crippen LogP contribution in [0.3, 0.4) is 0 Å². The van der Waals surface area contributed by atoms with Crippen LogP contribution in [0.5, 0.6) is 0 Å². The Morgan fingerprint density at radius 2 is 1.31 bits per heavy atom. The van der Waals surface area contributed by atoms with E-state index in [0.29, 0.717) is 0 Å². The Balaban J connectivity index is 1.70. The molecule has 0 saturated carbocycles. The van der Waals surface area contributed by atoms with Crippen LogP contribution in [0, 0.1) is 6.92 Å². The molecule has 0 atom stereocenters. The highest BCUT2D eigenvalue weighted by Gasteiger charge is 2.10. The van der Waals surface area contributed by atoms with Crippen LogP contribution in [0.15, 0.2) is 89.3 Å². The smallest absolute Gasteiger partial charge is 0.135 e. The summed E-state index contributed by atoms with van der Waals surface area (Å²) in [6.45, 7) is 2.11. The van der Waals surface area contributed by atoms with Crippen molar-refractivity contribution in [2.75, 3.05) is 0 Å². The monoisotopic (exact) mass is 335 g/mol. The molecule has 2 aromatic heterocycles. The molecule has 0 bridgehead atoms. The van der Waals surface area contributed by atoms with Gasteiger partial charge in [-0.05, 0) is 48.9 Å². The van der Waals surface area contributed by atoms with Gasteiger partial charge in [0, 0.05) is 21.9 Å². The first-order valence-corrected chi connectivity index (χ1v) is 8.74. The predicted molar refractivity (Wildman–Crippen MR) is 107 cm³/mol. The maximum atomic E-state index is 5.94. The molecule has 2 heteroatoms. The SMILES string of the molecule is Cc1cc(-c2ccccc2)nc(-c2ccc3oc4ccccc4c3c2)c1. The van der Waals surface area contributed by atoms with Crippen LogP contribution in [0.4, 0.5) is 0 Å². The minimum absolute atomic E-state index is 0.908. The molecular formula is C24H17NO. The fraction of sp³-hybridized carbons (Fsp3) is 0.0417. The number of hydrogen-bond donors (Lipinski definition) is 0. The van der Waals surface area contributed by atoms with Gasteiger partial charge in [0.15, 0.2) is 0 Å². The maximum Gasteiger partial charge on any atom is 0.135 e. The molecule has 124 valence electrons. The van der Waals surface area contributed by atoms with Crippen LogP contribution in [-0.2, 0) is 0 Å². The standard InChI is InChI=1S/C24H17NO/c1-16-13-21(17-7-3-2-4-8-17)25-22(14-16)18-11-12-24-20(15-18)19-9-5-6-10-23(19)26-24/h2-15H,1H3. The lowest BCUT2D eigenvalue weighted by atomic mass is 10.0. The highest BCUT2D eigenvalue weighted by molar-refractivity contribution is 6.06. The largest absolute Gasteiger partial charge is 0.456 e. The van der Waals surface area contributed by atoms with Crippen LogP contribution in [0.25, 0.3) is 44.5 Å². The number of furan rings is 1. The van der Waals surface area contributed by atoms with Gasteiger partial charge in [-0.1, -0.05) is 48.5 Å². The van der Waals surface area contributed by atoms with E-state index in [1.807, 2.05) is 42.5 Å². The molecule has 5 aromatic rings. The van der Waals surface area contributed by atoms with Crippen LogP contribution in [-0.4, -0.2) is 4.98 Å². The van der Waals surface area contributed by atoms with E-state index in [2.05, 4.69) is 49.4 Å². The quantitative estimate of drug-likeness (QED) is 0.362. The Morgan fingerprint density at radius 3 is 2.15 bits per heavy atom. The minimum Gasteiger partial charge on any atom is -0.456 e. The summed E-state index contributed by atoms with van der Waals surface area (Å²) in [5.74, 6) is 0. The molecule has 26 heavy (non-hydrogen) atoms. The van der Waals surface area contributed by atoms with Crippen LogP contribution >= 0.6 is 0 Å². The molecular weight excluding hydrogens is 318 g/mol. The van der Waals surface area contributed by atoms with E-state index in [9.17, 15) is 0 Å². The predicted octanol–water partition coefficient (Wildman–Crippen LogP) is 6.62. The Bertz CT molecular complexity index is 1240. The van der Waals surface area contributed by atoms with Crippen molar-refractivity contribution in [3.8, 4) is 22.5 Å². The first-order valence-electron chi connectivity index (χ1n) is 8.74. The van der Waals surface area contributed by atoms with E-state index in [1.165, 1.54) is 5.56 Å². The second-order valence-electron chi connectivity index (χ2n) is 6.59. The van der Waals surface area contributed by atoms with Crippen molar-refractivity contribution in [2.24, 2.45) is 0 Å². The summed E-state index contributed by atoms with van der Waals surface area (Å²) in [6.07, 6.45) is 0. The summed E-state index contributed by atoms with van der Waals surface area (Å²) >= 11 is 0. The van der Waals surface area contributed by atoms with Crippen LogP contribution in [0.1, 0.15) is 5.56 Å². The van der Waals surface area contributed by atoms with Crippen molar-refractivity contribution in [1.82, 2.24) is 4.98 Å². The molecule has 0 aliphatic rings. The number of benzene rings is 3. The molecule has 3 aromatic carbocycles. The molecule has 0 unspecified atom stereocenters. The molecule has 0 radical (unpaired) electrons. The van der Waals surface area contributed by atoms with Crippen molar-refractivity contribution in [2.45, 2.75) is 6.92 Å². The van der Waals surface area contributed by atoms with Gasteiger partial charge in [0.2, 0.25) is 0 Å². The van der Waals surface area contributed by atoms with E-state index in [0.717, 1.165) is 44.5 Å². The van der Waals surface area contributed by atoms with Crippen LogP contribution < -0.4 is 0 Å². The van der Waals surface area contributed by atoms with Crippen molar-refractivity contribution in [3.05, 3.63) is 90.5 Å². The molecule has 0 amide bonds. The average Bonchev–Trinajstić information content (AvgIpc) is 3.06. The van der Waals surface area contributed by atoms with E-state index < -0.39 is 0 Å². The van der Waals surface area contributed by atoms with Crippen LogP contribution in [0.2, 0.25) is 0 Å². The van der Waals surface area contributed by atoms with E-state index >= 15 is 0 Å². The van der Waals surface area contributed by atoms with Gasteiger partial charge in [0.05, 0.1) is 11.4 Å². The van der Waals surface area contributed by atoms with Gasteiger partial charge < -0.3 is 4.42 Å². The summed E-state index contributed by atoms with van der Waals surface area (Å²) < 4.78 is 5.94. The fourth-order valence-corrected chi connectivity index (χ4v) is 3.46. The number of para-hydroxylation sites is 1. The zero-order valence-electron chi connectivity index (χ0n) is 14.4. The van der Waals surface area contributed by atoms with Crippen molar-refractivity contribution in [3.63, 3.8) is 0 Å². The number of aryl methyl sites for hydroxylation is 1. The molecule has 0 saturated heterocycles. The van der Waals surface area contributed by atoms with Gasteiger partial charge in [-0.2, -0.15) is 0 Å². The number of rotatable bonds is 2. The fourth-order valence-electron chi connectivity index (χ4n) is 3.46. The Kier molecular flexibility index (Phi) is 3.36. The summed E-state index contributed by atoms with van der Waals surface area (Å²) in [4.78, 5) is 4.91. The second kappa shape index (κ2) is 5.85. The van der Waals surface area contributed by atoms with Crippen molar-refractivity contribution in [1.29, 1.82) is 0 Å². The normalized spacial score (nSPS) is 11.3. The van der Waals surface area contributed by atoms with Gasteiger partial charge in [-0.25, -0.2) is 4.98 Å². The lowest BCUT2D eigenvalue weighted by Gasteiger charge is -2.07. The van der Waals surface area contributed by atoms with Gasteiger partial charge in [-0.3, -0.25) is 0 Å². The van der Waals surface area contributed by atoms with Gasteiger partial charge in [-0.15, -0.1) is 0 Å². The minimum atomic E-state index is 0.908. The molecule has 0 aliphatic carbocycles. The molecule has 0 aliphatic heterocycles. The second-order valence-corrected chi connectivity index (χ2v) is 6.59. The summed E-state index contributed by atoms with van der Waals surface area (Å²) in [5.41, 5.74) is 7.24. The van der Waals surface area contributed by atoms with Gasteiger partial charge >= 0.3 is 0 Å². The number of aromatic nitrogens is 1. The molecule has 0 spiro atoms.